The Kier molecular flexibility index (Phi) is 5.35. The van der Waals surface area contributed by atoms with Gasteiger partial charge in [0.2, 0.25) is 0 Å². The molecule has 0 saturated heterocycles. The van der Waals surface area contributed by atoms with E-state index in [1.54, 1.807) is 0 Å². The second-order valence-electron chi connectivity index (χ2n) is 5.02. The first-order valence-electron chi connectivity index (χ1n) is 6.94. The largest absolute Gasteiger partial charge is 0.448 e. The van der Waals surface area contributed by atoms with E-state index in [9.17, 15) is 18.8 Å². The van der Waals surface area contributed by atoms with Crippen molar-refractivity contribution in [1.82, 2.24) is 4.98 Å². The molecule has 8 heteroatoms. The van der Waals surface area contributed by atoms with Crippen molar-refractivity contribution in [2.75, 3.05) is 5.32 Å². The monoisotopic (exact) mass is 352 g/mol. The maximum atomic E-state index is 13.1. The number of carbonyl (C=O) groups is 3. The molecule has 24 heavy (non-hydrogen) atoms. The molecule has 0 aliphatic rings. The molecule has 2 aromatic rings. The first-order chi connectivity index (χ1) is 11.3. The van der Waals surface area contributed by atoms with E-state index in [1.807, 2.05) is 0 Å². The third-order valence-electron chi connectivity index (χ3n) is 3.15. The van der Waals surface area contributed by atoms with E-state index >= 15 is 0 Å². The maximum Gasteiger partial charge on any atom is 0.355 e. The Bertz CT molecular complexity index is 803. The lowest BCUT2D eigenvalue weighted by Crippen LogP contribution is -2.30. The topological polar surface area (TPSA) is 88.3 Å². The van der Waals surface area contributed by atoms with Gasteiger partial charge in [-0.05, 0) is 38.1 Å². The lowest BCUT2D eigenvalue weighted by Gasteiger charge is -2.13. The van der Waals surface area contributed by atoms with Crippen molar-refractivity contribution in [3.05, 3.63) is 52.6 Å². The van der Waals surface area contributed by atoms with Crippen LogP contribution in [0.1, 0.15) is 34.7 Å². The number of esters is 1. The molecule has 6 nitrogen and oxygen atoms in total. The van der Waals surface area contributed by atoms with Crippen LogP contribution in [0.25, 0.3) is 0 Å². The van der Waals surface area contributed by atoms with E-state index in [1.165, 1.54) is 38.2 Å². The van der Waals surface area contributed by atoms with Crippen LogP contribution in [0.2, 0.25) is 5.02 Å². The Labute approximate surface area is 142 Å². The normalized spacial score (nSPS) is 11.7. The Morgan fingerprint density at radius 2 is 2.00 bits per heavy atom. The zero-order chi connectivity index (χ0) is 17.9. The van der Waals surface area contributed by atoms with Crippen molar-refractivity contribution in [2.45, 2.75) is 20.0 Å². The van der Waals surface area contributed by atoms with E-state index in [0.29, 0.717) is 5.56 Å². The van der Waals surface area contributed by atoms with Gasteiger partial charge in [0, 0.05) is 17.4 Å². The van der Waals surface area contributed by atoms with Crippen molar-refractivity contribution < 1.29 is 23.5 Å². The van der Waals surface area contributed by atoms with Gasteiger partial charge in [0.1, 0.15) is 11.5 Å². The van der Waals surface area contributed by atoms with Gasteiger partial charge in [0.25, 0.3) is 5.91 Å². The molecule has 1 amide bonds. The molecule has 0 unspecified atom stereocenters. The van der Waals surface area contributed by atoms with E-state index < -0.39 is 23.8 Å². The maximum absolute atomic E-state index is 13.1. The highest BCUT2D eigenvalue weighted by molar-refractivity contribution is 6.31. The molecule has 0 aliphatic heterocycles. The number of aromatic nitrogens is 1. The highest BCUT2D eigenvalue weighted by atomic mass is 35.5. The average molecular weight is 353 g/mol. The van der Waals surface area contributed by atoms with Crippen LogP contribution in [-0.2, 0) is 9.53 Å². The van der Waals surface area contributed by atoms with Gasteiger partial charge in [-0.3, -0.25) is 9.59 Å². The fourth-order valence-electron chi connectivity index (χ4n) is 1.81. The lowest BCUT2D eigenvalue weighted by molar-refractivity contribution is -0.123. The first kappa shape index (κ1) is 17.7. The van der Waals surface area contributed by atoms with Gasteiger partial charge < -0.3 is 15.0 Å². The number of anilines is 1. The standard InChI is InChI=1S/C16H14ClFN2O4/c1-8(21)10-5-14(19-7-10)16(23)24-9(2)15(22)20-11-3-4-13(18)12(17)6-11/h3-7,9,19H,1-2H3,(H,20,22)/t9-/m0/s1. The lowest BCUT2D eigenvalue weighted by atomic mass is 10.2. The number of rotatable bonds is 5. The molecule has 126 valence electrons. The number of nitrogens with one attached hydrogen (secondary N) is 2. The number of ketones is 1. The molecule has 1 atom stereocenters. The highest BCUT2D eigenvalue weighted by Crippen LogP contribution is 2.19. The predicted octanol–water partition coefficient (Wildman–Crippen LogP) is 3.19. The minimum Gasteiger partial charge on any atom is -0.448 e. The van der Waals surface area contributed by atoms with Gasteiger partial charge in [-0.15, -0.1) is 0 Å². The van der Waals surface area contributed by atoms with Gasteiger partial charge in [-0.1, -0.05) is 11.6 Å². The van der Waals surface area contributed by atoms with Crippen molar-refractivity contribution >= 4 is 34.9 Å². The van der Waals surface area contributed by atoms with Crippen LogP contribution in [0.4, 0.5) is 10.1 Å². The summed E-state index contributed by atoms with van der Waals surface area (Å²) >= 11 is 5.63. The number of carbonyl (C=O) groups excluding carboxylic acids is 3. The fourth-order valence-corrected chi connectivity index (χ4v) is 1.99. The van der Waals surface area contributed by atoms with Crippen molar-refractivity contribution in [2.24, 2.45) is 0 Å². The number of H-pyrrole nitrogens is 1. The van der Waals surface area contributed by atoms with Crippen LogP contribution in [0, 0.1) is 5.82 Å². The number of hydrogen-bond acceptors (Lipinski definition) is 4. The fraction of sp³-hybridized carbons (Fsp3) is 0.188. The summed E-state index contributed by atoms with van der Waals surface area (Å²) in [5, 5.41) is 2.32. The van der Waals surface area contributed by atoms with E-state index in [-0.39, 0.29) is 22.2 Å². The molecule has 0 saturated carbocycles. The second kappa shape index (κ2) is 7.27. The molecule has 0 fully saturated rings. The molecule has 0 bridgehead atoms. The summed E-state index contributed by atoms with van der Waals surface area (Å²) in [6, 6.07) is 5.02. The summed E-state index contributed by atoms with van der Waals surface area (Å²) in [5.74, 6) is -2.20. The zero-order valence-corrected chi connectivity index (χ0v) is 13.6. The van der Waals surface area contributed by atoms with E-state index in [4.69, 9.17) is 16.3 Å². The van der Waals surface area contributed by atoms with E-state index in [0.717, 1.165) is 6.07 Å². The average Bonchev–Trinajstić information content (AvgIpc) is 3.01. The number of Topliss-reactive ketones (excluding diaryl/α,β-unsaturated/α-hetero) is 1. The van der Waals surface area contributed by atoms with E-state index in [2.05, 4.69) is 10.3 Å². The van der Waals surface area contributed by atoms with Crippen LogP contribution < -0.4 is 5.32 Å². The molecule has 0 aliphatic carbocycles. The number of aromatic amines is 1. The number of amides is 1. The summed E-state index contributed by atoms with van der Waals surface area (Å²) in [6.45, 7) is 2.75. The summed E-state index contributed by atoms with van der Waals surface area (Å²) < 4.78 is 18.1. The van der Waals surface area contributed by atoms with Crippen molar-refractivity contribution in [3.8, 4) is 0 Å². The van der Waals surface area contributed by atoms with Crippen molar-refractivity contribution in [3.63, 3.8) is 0 Å². The molecule has 1 heterocycles. The number of benzene rings is 1. The predicted molar refractivity (Wildman–Crippen MR) is 85.7 cm³/mol. The molecule has 0 radical (unpaired) electrons. The highest BCUT2D eigenvalue weighted by Gasteiger charge is 2.20. The zero-order valence-electron chi connectivity index (χ0n) is 12.9. The smallest absolute Gasteiger partial charge is 0.355 e. The van der Waals surface area contributed by atoms with Crippen LogP contribution in [-0.4, -0.2) is 28.7 Å². The third kappa shape index (κ3) is 4.20. The number of halogens is 2. The van der Waals surface area contributed by atoms with Gasteiger partial charge in [0.15, 0.2) is 11.9 Å². The molecule has 0 spiro atoms. The molecule has 1 aromatic carbocycles. The Morgan fingerprint density at radius 3 is 2.58 bits per heavy atom. The summed E-state index contributed by atoms with van der Waals surface area (Å²) in [6.07, 6.45) is 0.273. The number of hydrogen-bond donors (Lipinski definition) is 2. The van der Waals surface area contributed by atoms with Crippen LogP contribution in [0.5, 0.6) is 0 Å². The summed E-state index contributed by atoms with van der Waals surface area (Å²) in [7, 11) is 0. The molecular formula is C16H14ClFN2O4. The van der Waals surface area contributed by atoms with Crippen molar-refractivity contribution in [1.29, 1.82) is 0 Å². The van der Waals surface area contributed by atoms with Gasteiger partial charge >= 0.3 is 5.97 Å². The van der Waals surface area contributed by atoms with Gasteiger partial charge in [0.05, 0.1) is 5.02 Å². The minimum atomic E-state index is -1.11. The molecule has 1 aromatic heterocycles. The Balaban J connectivity index is 1.98. The molecule has 2 rings (SSSR count). The molecular weight excluding hydrogens is 339 g/mol. The Hall–Kier alpha value is -2.67. The minimum absolute atomic E-state index is 0.0599. The third-order valence-corrected chi connectivity index (χ3v) is 3.44. The second-order valence-corrected chi connectivity index (χ2v) is 5.43. The quantitative estimate of drug-likeness (QED) is 0.639. The summed E-state index contributed by atoms with van der Waals surface area (Å²) in [5.41, 5.74) is 0.665. The van der Waals surface area contributed by atoms with Crippen LogP contribution >= 0.6 is 11.6 Å². The van der Waals surface area contributed by atoms with Gasteiger partial charge in [-0.2, -0.15) is 0 Å². The van der Waals surface area contributed by atoms with Crippen LogP contribution in [0.3, 0.4) is 0 Å². The first-order valence-corrected chi connectivity index (χ1v) is 7.32. The van der Waals surface area contributed by atoms with Crippen LogP contribution in [0.15, 0.2) is 30.5 Å². The molecule has 2 N–H and O–H groups in total. The summed E-state index contributed by atoms with van der Waals surface area (Å²) in [4.78, 5) is 37.7. The number of ether oxygens (including phenoxy) is 1. The van der Waals surface area contributed by atoms with Gasteiger partial charge in [-0.25, -0.2) is 9.18 Å². The Morgan fingerprint density at radius 1 is 1.29 bits per heavy atom. The SMILES string of the molecule is CC(=O)c1c[nH]c(C(=O)O[C@@H](C)C(=O)Nc2ccc(F)c(Cl)c2)c1.